The third-order valence-electron chi connectivity index (χ3n) is 6.58. The predicted octanol–water partition coefficient (Wildman–Crippen LogP) is 6.87. The average Bonchev–Trinajstić information content (AvgIpc) is 3.56. The molecular formula is C34H27N5O6S2. The van der Waals surface area contributed by atoms with Crippen molar-refractivity contribution in [3.8, 4) is 17.0 Å². The van der Waals surface area contributed by atoms with Gasteiger partial charge in [-0.3, -0.25) is 24.5 Å². The van der Waals surface area contributed by atoms with Gasteiger partial charge in [-0.1, -0.05) is 30.3 Å². The van der Waals surface area contributed by atoms with Crippen LogP contribution in [0.4, 0.5) is 16.5 Å². The number of nitrogens with zero attached hydrogens (tertiary/aromatic N) is 2. The third-order valence-corrected chi connectivity index (χ3v) is 8.35. The molecular weight excluding hydrogens is 639 g/mol. The summed E-state index contributed by atoms with van der Waals surface area (Å²) in [6.45, 7) is 0. The first-order chi connectivity index (χ1) is 22.8. The summed E-state index contributed by atoms with van der Waals surface area (Å²) in [5, 5.41) is 22.0. The van der Waals surface area contributed by atoms with E-state index in [-0.39, 0.29) is 28.6 Å². The molecule has 3 N–H and O–H groups in total. The number of para-hydroxylation sites is 1. The number of nitrogens with one attached hydrogen (secondary N) is 3. The van der Waals surface area contributed by atoms with Gasteiger partial charge in [-0.25, -0.2) is 4.98 Å². The van der Waals surface area contributed by atoms with Gasteiger partial charge >= 0.3 is 0 Å². The van der Waals surface area contributed by atoms with Crippen molar-refractivity contribution >= 4 is 63.4 Å². The molecule has 13 heteroatoms. The molecule has 4 aromatic carbocycles. The zero-order valence-corrected chi connectivity index (χ0v) is 26.5. The number of nitro benzene ring substituents is 1. The highest BCUT2D eigenvalue weighted by atomic mass is 32.2. The Morgan fingerprint density at radius 2 is 1.62 bits per heavy atom. The van der Waals surface area contributed by atoms with Gasteiger partial charge in [0.05, 0.1) is 29.0 Å². The van der Waals surface area contributed by atoms with Crippen LogP contribution in [0.2, 0.25) is 0 Å². The zero-order chi connectivity index (χ0) is 33.2. The largest absolute Gasteiger partial charge is 0.497 e. The topological polar surface area (TPSA) is 153 Å². The normalized spacial score (nSPS) is 11.0. The van der Waals surface area contributed by atoms with E-state index in [0.717, 1.165) is 21.9 Å². The fourth-order valence-electron chi connectivity index (χ4n) is 4.24. The van der Waals surface area contributed by atoms with Crippen molar-refractivity contribution in [1.82, 2.24) is 10.3 Å². The number of benzene rings is 4. The summed E-state index contributed by atoms with van der Waals surface area (Å²) in [7, 11) is 1.60. The quantitative estimate of drug-likeness (QED) is 0.0565. The standard InChI is InChI=1S/C34H27N5O6S2/c1-45-26-15-11-22(12-16-26)29-20-47-34(37-29)38-31(40)21-46-27-17-13-25(14-18-27)35-33(42)28(36-32(41)23-7-3-2-4-8-23)19-24-9-5-6-10-30(24)39(43)44/h2-20H,21H2,1H3,(H,35,42)(H,36,41)(H,37,38,40)/b28-19-. The van der Waals surface area contributed by atoms with Crippen LogP contribution in [-0.4, -0.2) is 40.5 Å². The van der Waals surface area contributed by atoms with Gasteiger partial charge in [0.15, 0.2) is 5.13 Å². The van der Waals surface area contributed by atoms with Gasteiger partial charge in [0, 0.05) is 33.2 Å². The Labute approximate surface area is 277 Å². The van der Waals surface area contributed by atoms with E-state index in [0.29, 0.717) is 16.4 Å². The number of carbonyl (C=O) groups excluding carboxylic acids is 3. The summed E-state index contributed by atoms with van der Waals surface area (Å²) in [6.07, 6.45) is 1.26. The highest BCUT2D eigenvalue weighted by Crippen LogP contribution is 2.27. The van der Waals surface area contributed by atoms with Crippen LogP contribution in [0.3, 0.4) is 0 Å². The Bertz CT molecular complexity index is 1930. The lowest BCUT2D eigenvalue weighted by Gasteiger charge is -2.12. The van der Waals surface area contributed by atoms with Crippen LogP contribution in [0.1, 0.15) is 15.9 Å². The molecule has 1 aromatic heterocycles. The first-order valence-electron chi connectivity index (χ1n) is 14.0. The highest BCUT2D eigenvalue weighted by Gasteiger charge is 2.18. The minimum absolute atomic E-state index is 0.136. The van der Waals surface area contributed by atoms with Gasteiger partial charge in [-0.2, -0.15) is 0 Å². The van der Waals surface area contributed by atoms with Crippen molar-refractivity contribution in [2.24, 2.45) is 0 Å². The van der Waals surface area contributed by atoms with E-state index in [1.807, 2.05) is 29.6 Å². The molecule has 3 amide bonds. The van der Waals surface area contributed by atoms with Gasteiger partial charge in [-0.05, 0) is 72.8 Å². The minimum Gasteiger partial charge on any atom is -0.497 e. The van der Waals surface area contributed by atoms with Crippen LogP contribution in [0.25, 0.3) is 17.3 Å². The van der Waals surface area contributed by atoms with E-state index in [4.69, 9.17) is 4.74 Å². The molecule has 236 valence electrons. The van der Waals surface area contributed by atoms with Gasteiger partial charge in [0.2, 0.25) is 5.91 Å². The number of hydrogen-bond acceptors (Lipinski definition) is 9. The van der Waals surface area contributed by atoms with Gasteiger partial charge in [0.25, 0.3) is 17.5 Å². The van der Waals surface area contributed by atoms with Crippen molar-refractivity contribution in [2.45, 2.75) is 4.90 Å². The molecule has 0 spiro atoms. The lowest BCUT2D eigenvalue weighted by atomic mass is 10.1. The number of thioether (sulfide) groups is 1. The SMILES string of the molecule is COc1ccc(-c2csc(NC(=O)CSc3ccc(NC(=O)/C(=C/c4ccccc4[N+](=O)[O-])NC(=O)c4ccccc4)cc3)n2)cc1. The number of hydrogen-bond donors (Lipinski definition) is 3. The van der Waals surface area contributed by atoms with Gasteiger partial charge < -0.3 is 20.7 Å². The first-order valence-corrected chi connectivity index (χ1v) is 15.9. The summed E-state index contributed by atoms with van der Waals surface area (Å²) in [4.78, 5) is 55.1. The number of thiazole rings is 1. The molecule has 0 radical (unpaired) electrons. The number of ether oxygens (including phenoxy) is 1. The van der Waals surface area contributed by atoms with E-state index >= 15 is 0 Å². The maximum atomic E-state index is 13.3. The van der Waals surface area contributed by atoms with E-state index in [1.165, 1.54) is 47.4 Å². The lowest BCUT2D eigenvalue weighted by molar-refractivity contribution is -0.385. The maximum absolute atomic E-state index is 13.3. The number of carbonyl (C=O) groups is 3. The number of methoxy groups -OCH3 is 1. The van der Waals surface area contributed by atoms with Crippen LogP contribution in [0.15, 0.2) is 119 Å². The van der Waals surface area contributed by atoms with E-state index in [2.05, 4.69) is 20.9 Å². The first kappa shape index (κ1) is 32.6. The summed E-state index contributed by atoms with van der Waals surface area (Å²) >= 11 is 2.64. The Kier molecular flexibility index (Phi) is 10.7. The molecule has 0 saturated carbocycles. The second-order valence-electron chi connectivity index (χ2n) is 9.78. The Balaban J connectivity index is 1.21. The van der Waals surface area contributed by atoms with Gasteiger partial charge in [-0.15, -0.1) is 23.1 Å². The molecule has 47 heavy (non-hydrogen) atoms. The molecule has 0 atom stereocenters. The smallest absolute Gasteiger partial charge is 0.276 e. The van der Waals surface area contributed by atoms with Crippen LogP contribution in [0, 0.1) is 10.1 Å². The Hall–Kier alpha value is -5.79. The van der Waals surface area contributed by atoms with E-state index in [9.17, 15) is 24.5 Å². The summed E-state index contributed by atoms with van der Waals surface area (Å²) < 4.78 is 5.19. The van der Waals surface area contributed by atoms with Crippen LogP contribution >= 0.6 is 23.1 Å². The summed E-state index contributed by atoms with van der Waals surface area (Å²) in [5.74, 6) is -0.565. The lowest BCUT2D eigenvalue weighted by Crippen LogP contribution is -2.30. The van der Waals surface area contributed by atoms with E-state index < -0.39 is 16.7 Å². The van der Waals surface area contributed by atoms with Crippen molar-refractivity contribution in [1.29, 1.82) is 0 Å². The molecule has 0 bridgehead atoms. The van der Waals surface area contributed by atoms with Crippen molar-refractivity contribution < 1.29 is 24.0 Å². The summed E-state index contributed by atoms with van der Waals surface area (Å²) in [5.41, 5.74) is 2.14. The Morgan fingerprint density at radius 3 is 2.32 bits per heavy atom. The highest BCUT2D eigenvalue weighted by molar-refractivity contribution is 8.00. The Morgan fingerprint density at radius 1 is 0.915 bits per heavy atom. The zero-order valence-electron chi connectivity index (χ0n) is 24.8. The van der Waals surface area contributed by atoms with Crippen LogP contribution < -0.4 is 20.7 Å². The molecule has 1 heterocycles. The fraction of sp³-hybridized carbons (Fsp3) is 0.0588. The molecule has 0 fully saturated rings. The third kappa shape index (κ3) is 8.90. The van der Waals surface area contributed by atoms with Crippen molar-refractivity contribution in [3.63, 3.8) is 0 Å². The number of anilines is 2. The monoisotopic (exact) mass is 665 g/mol. The average molecular weight is 666 g/mol. The summed E-state index contributed by atoms with van der Waals surface area (Å²) in [6, 6.07) is 28.5. The molecule has 0 aliphatic carbocycles. The second-order valence-corrected chi connectivity index (χ2v) is 11.7. The second kappa shape index (κ2) is 15.5. The van der Waals surface area contributed by atoms with E-state index in [1.54, 1.807) is 67.8 Å². The molecule has 0 aliphatic heterocycles. The fourth-order valence-corrected chi connectivity index (χ4v) is 5.67. The van der Waals surface area contributed by atoms with Crippen molar-refractivity contribution in [2.75, 3.05) is 23.5 Å². The molecule has 0 saturated heterocycles. The van der Waals surface area contributed by atoms with Crippen LogP contribution in [-0.2, 0) is 9.59 Å². The minimum atomic E-state index is -0.676. The van der Waals surface area contributed by atoms with Crippen LogP contribution in [0.5, 0.6) is 5.75 Å². The predicted molar refractivity (Wildman–Crippen MR) is 184 cm³/mol. The number of amides is 3. The van der Waals surface area contributed by atoms with Gasteiger partial charge in [0.1, 0.15) is 11.4 Å². The molecule has 5 aromatic rings. The molecule has 0 aliphatic rings. The molecule has 5 rings (SSSR count). The maximum Gasteiger partial charge on any atom is 0.276 e. The number of nitro groups is 1. The molecule has 11 nitrogen and oxygen atoms in total. The van der Waals surface area contributed by atoms with Crippen molar-refractivity contribution in [3.05, 3.63) is 135 Å². The number of rotatable bonds is 12. The molecule has 0 unspecified atom stereocenters. The number of aromatic nitrogens is 1.